The van der Waals surface area contributed by atoms with E-state index in [4.69, 9.17) is 0 Å². The smallest absolute Gasteiger partial charge is 0.373 e. The van der Waals surface area contributed by atoms with Gasteiger partial charge in [0.05, 0.1) is 0 Å². The molecule has 1 aliphatic heterocycles. The first-order valence-corrected chi connectivity index (χ1v) is 6.97. The lowest BCUT2D eigenvalue weighted by molar-refractivity contribution is 0.855. The third kappa shape index (κ3) is 1.50. The molecule has 90 valence electrons. The van der Waals surface area contributed by atoms with Gasteiger partial charge in [0.1, 0.15) is 0 Å². The highest BCUT2D eigenvalue weighted by Gasteiger charge is 2.33. The van der Waals surface area contributed by atoms with Crippen molar-refractivity contribution in [1.29, 1.82) is 0 Å². The largest absolute Gasteiger partial charge is 0.409 e. The van der Waals surface area contributed by atoms with Crippen molar-refractivity contribution in [3.8, 4) is 0 Å². The van der Waals surface area contributed by atoms with Crippen LogP contribution < -0.4 is 10.5 Å². The lowest BCUT2D eigenvalue weighted by atomic mass is 9.60. The number of hydrogen-bond acceptors (Lipinski definition) is 2. The van der Waals surface area contributed by atoms with Crippen LogP contribution in [0.3, 0.4) is 0 Å². The van der Waals surface area contributed by atoms with Crippen LogP contribution in [-0.2, 0) is 0 Å². The minimum Gasteiger partial charge on any atom is -0.409 e. The van der Waals surface area contributed by atoms with Gasteiger partial charge in [-0.25, -0.2) is 0 Å². The summed E-state index contributed by atoms with van der Waals surface area (Å²) in [6, 6.07) is 13.1. The van der Waals surface area contributed by atoms with Crippen molar-refractivity contribution < 1.29 is 0 Å². The molecule has 2 N–H and O–H groups in total. The Morgan fingerprint density at radius 2 is 1.50 bits per heavy atom. The van der Waals surface area contributed by atoms with E-state index in [9.17, 15) is 0 Å². The average Bonchev–Trinajstić information content (AvgIpc) is 2.93. The van der Waals surface area contributed by atoms with Crippen LogP contribution in [0.15, 0.2) is 36.4 Å². The van der Waals surface area contributed by atoms with Crippen LogP contribution in [0.4, 0.5) is 11.4 Å². The summed E-state index contributed by atoms with van der Waals surface area (Å²) in [6.45, 7) is 0.410. The van der Waals surface area contributed by atoms with Crippen molar-refractivity contribution in [2.24, 2.45) is 0 Å². The Kier molecular flexibility index (Phi) is 2.26. The van der Waals surface area contributed by atoms with Crippen LogP contribution in [0.5, 0.6) is 0 Å². The van der Waals surface area contributed by atoms with Crippen molar-refractivity contribution in [3.63, 3.8) is 0 Å². The monoisotopic (exact) mass is 236 g/mol. The van der Waals surface area contributed by atoms with Gasteiger partial charge in [0.15, 0.2) is 0 Å². The maximum absolute atomic E-state index is 3.69. The minimum atomic E-state index is 0.410. The molecule has 1 heterocycles. The van der Waals surface area contributed by atoms with E-state index < -0.39 is 0 Å². The normalized spacial score (nSPS) is 18.8. The molecule has 2 nitrogen and oxygen atoms in total. The number of benzene rings is 2. The molecule has 1 saturated carbocycles. The molecule has 4 rings (SSSR count). The topological polar surface area (TPSA) is 24.1 Å². The summed E-state index contributed by atoms with van der Waals surface area (Å²) in [7, 11) is 0. The number of anilines is 2. The maximum atomic E-state index is 3.69. The second kappa shape index (κ2) is 3.94. The molecule has 1 fully saturated rings. The number of hydrogen-bond donors (Lipinski definition) is 2. The van der Waals surface area contributed by atoms with Crippen LogP contribution in [0.1, 0.15) is 25.7 Å². The van der Waals surface area contributed by atoms with Crippen molar-refractivity contribution in [2.75, 3.05) is 10.5 Å². The zero-order valence-corrected chi connectivity index (χ0v) is 10.4. The standard InChI is InChI=1S/C15H17BN2/c1-2-8-12(7-1)16-17-13-9-3-5-11-6-4-10-14(18-16)15(11)13/h3-6,9-10,12,17-18H,1-2,7-8H2. The SMILES string of the molecule is c1cc2c3c(cccc3c1)NB(C1CCCC1)N2. The van der Waals surface area contributed by atoms with Gasteiger partial charge in [0.25, 0.3) is 0 Å². The zero-order valence-electron chi connectivity index (χ0n) is 10.4. The first kappa shape index (κ1) is 10.3. The molecule has 0 aromatic heterocycles. The highest BCUT2D eigenvalue weighted by Crippen LogP contribution is 2.39. The molecule has 0 radical (unpaired) electrons. The molecule has 18 heavy (non-hydrogen) atoms. The molecule has 0 unspecified atom stereocenters. The van der Waals surface area contributed by atoms with Gasteiger partial charge in [0, 0.05) is 16.8 Å². The fourth-order valence-electron chi connectivity index (χ4n) is 3.48. The van der Waals surface area contributed by atoms with Gasteiger partial charge >= 0.3 is 6.98 Å². The van der Waals surface area contributed by atoms with Crippen molar-refractivity contribution in [3.05, 3.63) is 36.4 Å². The fraction of sp³-hybridized carbons (Fsp3) is 0.333. The molecule has 1 aliphatic carbocycles. The summed E-state index contributed by atoms with van der Waals surface area (Å²) < 4.78 is 0. The number of rotatable bonds is 1. The van der Waals surface area contributed by atoms with E-state index in [0.29, 0.717) is 6.98 Å². The van der Waals surface area contributed by atoms with Crippen molar-refractivity contribution >= 4 is 29.1 Å². The maximum Gasteiger partial charge on any atom is 0.373 e. The molecule has 0 saturated heterocycles. The Labute approximate surface area is 108 Å². The molecule has 0 spiro atoms. The van der Waals surface area contributed by atoms with Gasteiger partial charge in [-0.1, -0.05) is 49.9 Å². The minimum absolute atomic E-state index is 0.410. The van der Waals surface area contributed by atoms with Crippen LogP contribution >= 0.6 is 0 Å². The van der Waals surface area contributed by atoms with Gasteiger partial charge in [-0.15, -0.1) is 0 Å². The Hall–Kier alpha value is -1.64. The quantitative estimate of drug-likeness (QED) is 0.728. The summed E-state index contributed by atoms with van der Waals surface area (Å²) in [5.74, 6) is 0.772. The van der Waals surface area contributed by atoms with Gasteiger partial charge in [-0.05, 0) is 23.3 Å². The number of nitrogens with one attached hydrogen (secondary N) is 2. The molecule has 0 amide bonds. The zero-order chi connectivity index (χ0) is 11.9. The lowest BCUT2D eigenvalue weighted by Gasteiger charge is -2.29. The molecule has 3 heteroatoms. The summed E-state index contributed by atoms with van der Waals surface area (Å²) in [6.07, 6.45) is 5.47. The van der Waals surface area contributed by atoms with Crippen LogP contribution in [0, 0.1) is 0 Å². The second-order valence-corrected chi connectivity index (χ2v) is 5.52. The molecule has 0 bridgehead atoms. The van der Waals surface area contributed by atoms with Crippen molar-refractivity contribution in [2.45, 2.75) is 31.5 Å². The molecule has 2 aliphatic rings. The van der Waals surface area contributed by atoms with E-state index in [1.165, 1.54) is 47.8 Å². The first-order valence-electron chi connectivity index (χ1n) is 6.97. The molecule has 0 atom stereocenters. The van der Waals surface area contributed by atoms with Gasteiger partial charge in [-0.3, -0.25) is 0 Å². The predicted molar refractivity (Wildman–Crippen MR) is 79.2 cm³/mol. The van der Waals surface area contributed by atoms with E-state index in [-0.39, 0.29) is 0 Å². The molecular formula is C15H17BN2. The van der Waals surface area contributed by atoms with Gasteiger partial charge in [-0.2, -0.15) is 0 Å². The van der Waals surface area contributed by atoms with Gasteiger partial charge < -0.3 is 10.5 Å². The summed E-state index contributed by atoms with van der Waals surface area (Å²) in [5, 5.41) is 10.0. The predicted octanol–water partition coefficient (Wildman–Crippen LogP) is 4.11. The van der Waals surface area contributed by atoms with E-state index in [1.807, 2.05) is 0 Å². The highest BCUT2D eigenvalue weighted by molar-refractivity contribution is 6.69. The fourth-order valence-corrected chi connectivity index (χ4v) is 3.48. The lowest BCUT2D eigenvalue weighted by Crippen LogP contribution is -2.40. The molecule has 2 aromatic carbocycles. The summed E-state index contributed by atoms with van der Waals surface area (Å²) in [4.78, 5) is 0. The molecule has 2 aromatic rings. The third-order valence-corrected chi connectivity index (χ3v) is 4.40. The Morgan fingerprint density at radius 3 is 2.11 bits per heavy atom. The van der Waals surface area contributed by atoms with E-state index in [0.717, 1.165) is 5.82 Å². The van der Waals surface area contributed by atoms with Crippen LogP contribution in [-0.4, -0.2) is 6.98 Å². The Balaban J connectivity index is 1.78. The highest BCUT2D eigenvalue weighted by atomic mass is 15.0. The van der Waals surface area contributed by atoms with Crippen LogP contribution in [0.2, 0.25) is 5.82 Å². The molecular weight excluding hydrogens is 219 g/mol. The van der Waals surface area contributed by atoms with E-state index >= 15 is 0 Å². The average molecular weight is 236 g/mol. The Morgan fingerprint density at radius 1 is 0.889 bits per heavy atom. The summed E-state index contributed by atoms with van der Waals surface area (Å²) in [5.41, 5.74) is 2.58. The van der Waals surface area contributed by atoms with E-state index in [1.54, 1.807) is 0 Å². The first-order chi connectivity index (χ1) is 8.92. The second-order valence-electron chi connectivity index (χ2n) is 5.52. The van der Waals surface area contributed by atoms with Crippen LogP contribution in [0.25, 0.3) is 10.8 Å². The van der Waals surface area contributed by atoms with Crippen molar-refractivity contribution in [1.82, 2.24) is 0 Å². The van der Waals surface area contributed by atoms with E-state index in [2.05, 4.69) is 46.9 Å². The Bertz CT molecular complexity index is 549. The van der Waals surface area contributed by atoms with Gasteiger partial charge in [0.2, 0.25) is 0 Å². The summed E-state index contributed by atoms with van der Waals surface area (Å²) >= 11 is 0. The third-order valence-electron chi connectivity index (χ3n) is 4.40.